The average molecular weight is 498 g/mol. The van der Waals surface area contributed by atoms with Gasteiger partial charge in [-0.05, 0) is 48.5 Å². The molecule has 3 aromatic rings. The highest BCUT2D eigenvalue weighted by Gasteiger charge is 2.19. The van der Waals surface area contributed by atoms with Crippen LogP contribution in [0.4, 0.5) is 15.8 Å². The van der Waals surface area contributed by atoms with Crippen molar-refractivity contribution < 1.29 is 13.9 Å². The average Bonchev–Trinajstić information content (AvgIpc) is 2.81. The van der Waals surface area contributed by atoms with Gasteiger partial charge < -0.3 is 15.0 Å². The smallest absolute Gasteiger partial charge is 0.259 e. The van der Waals surface area contributed by atoms with Crippen LogP contribution in [0.5, 0.6) is 5.75 Å². The maximum Gasteiger partial charge on any atom is 0.259 e. The summed E-state index contributed by atoms with van der Waals surface area (Å²) < 4.78 is 20.0. The minimum absolute atomic E-state index is 0.145. The van der Waals surface area contributed by atoms with Crippen molar-refractivity contribution in [2.75, 3.05) is 43.5 Å². The molecular weight excluding hydrogens is 473 g/mol. The van der Waals surface area contributed by atoms with Crippen molar-refractivity contribution in [2.24, 2.45) is 0 Å². The molecule has 4 rings (SSSR count). The van der Waals surface area contributed by atoms with E-state index in [1.165, 1.54) is 6.07 Å². The highest BCUT2D eigenvalue weighted by Crippen LogP contribution is 2.25. The Morgan fingerprint density at radius 1 is 1.03 bits per heavy atom. The van der Waals surface area contributed by atoms with Gasteiger partial charge in [0.1, 0.15) is 11.6 Å². The topological polar surface area (TPSA) is 44.8 Å². The molecule has 1 saturated heterocycles. The first kappa shape index (κ1) is 22.3. The molecule has 1 aliphatic rings. The Bertz CT molecular complexity index is 1080. The third kappa shape index (κ3) is 5.29. The van der Waals surface area contributed by atoms with Crippen molar-refractivity contribution in [3.63, 3.8) is 0 Å². The van der Waals surface area contributed by atoms with Crippen molar-refractivity contribution in [3.8, 4) is 5.75 Å². The Balaban J connectivity index is 1.34. The van der Waals surface area contributed by atoms with Gasteiger partial charge in [-0.25, -0.2) is 4.39 Å². The Kier molecular flexibility index (Phi) is 7.07. The summed E-state index contributed by atoms with van der Waals surface area (Å²) in [6.45, 7) is 4.11. The van der Waals surface area contributed by atoms with Crippen LogP contribution in [0, 0.1) is 5.82 Å². The van der Waals surface area contributed by atoms with Gasteiger partial charge in [0.2, 0.25) is 0 Å². The number of nitrogens with zero attached hydrogens (tertiary/aromatic N) is 2. The van der Waals surface area contributed by atoms with Crippen molar-refractivity contribution in [3.05, 3.63) is 88.1 Å². The van der Waals surface area contributed by atoms with Crippen LogP contribution in [0.2, 0.25) is 0 Å². The molecule has 0 atom stereocenters. The summed E-state index contributed by atoms with van der Waals surface area (Å²) in [6.07, 6.45) is 0. The molecular formula is C25H25BrFN3O2. The van der Waals surface area contributed by atoms with Crippen LogP contribution >= 0.6 is 15.9 Å². The number of rotatable bonds is 6. The Morgan fingerprint density at radius 3 is 2.44 bits per heavy atom. The number of carbonyl (C=O) groups excluding carboxylic acids is 1. The van der Waals surface area contributed by atoms with Gasteiger partial charge in [0.15, 0.2) is 0 Å². The van der Waals surface area contributed by atoms with E-state index in [1.54, 1.807) is 25.3 Å². The second-order valence-corrected chi connectivity index (χ2v) is 8.62. The molecule has 0 aromatic heterocycles. The van der Waals surface area contributed by atoms with Crippen molar-refractivity contribution >= 4 is 33.2 Å². The summed E-state index contributed by atoms with van der Waals surface area (Å²) in [7, 11) is 1.55. The van der Waals surface area contributed by atoms with Crippen LogP contribution in [0.1, 0.15) is 15.9 Å². The zero-order valence-electron chi connectivity index (χ0n) is 17.9. The highest BCUT2D eigenvalue weighted by atomic mass is 79.9. The van der Waals surface area contributed by atoms with Crippen LogP contribution in [0.25, 0.3) is 0 Å². The summed E-state index contributed by atoms with van der Waals surface area (Å²) in [5, 5.41) is 2.93. The van der Waals surface area contributed by atoms with Crippen LogP contribution < -0.4 is 15.0 Å². The number of carbonyl (C=O) groups is 1. The van der Waals surface area contributed by atoms with E-state index in [-0.39, 0.29) is 11.7 Å². The number of amides is 1. The van der Waals surface area contributed by atoms with Gasteiger partial charge in [-0.1, -0.05) is 34.1 Å². The molecule has 5 nitrogen and oxygen atoms in total. The van der Waals surface area contributed by atoms with E-state index < -0.39 is 0 Å². The molecule has 1 fully saturated rings. The fraction of sp³-hybridized carbons (Fsp3) is 0.240. The normalized spacial score (nSPS) is 14.3. The Morgan fingerprint density at radius 2 is 1.75 bits per heavy atom. The zero-order valence-corrected chi connectivity index (χ0v) is 19.4. The second-order valence-electron chi connectivity index (χ2n) is 7.70. The molecule has 3 aromatic carbocycles. The lowest BCUT2D eigenvalue weighted by Crippen LogP contribution is -2.46. The predicted molar refractivity (Wildman–Crippen MR) is 129 cm³/mol. The lowest BCUT2D eigenvalue weighted by Gasteiger charge is -2.36. The number of hydrogen-bond acceptors (Lipinski definition) is 4. The quantitative estimate of drug-likeness (QED) is 0.510. The van der Waals surface area contributed by atoms with Gasteiger partial charge in [0.25, 0.3) is 5.91 Å². The standard InChI is InChI=1S/C25H25BrFN3O2/c1-32-24-11-6-19(26)16-22(24)25(31)28-20-7-9-21(10-8-20)30-14-12-29(13-15-30)17-18-4-2-3-5-23(18)27/h2-11,16H,12-15,17H2,1H3,(H,28,31). The molecule has 0 radical (unpaired) electrons. The molecule has 0 unspecified atom stereocenters. The minimum atomic E-state index is -0.224. The van der Waals surface area contributed by atoms with Gasteiger partial charge in [-0.2, -0.15) is 0 Å². The van der Waals surface area contributed by atoms with Crippen molar-refractivity contribution in [2.45, 2.75) is 6.54 Å². The lowest BCUT2D eigenvalue weighted by atomic mass is 10.1. The number of ether oxygens (including phenoxy) is 1. The summed E-state index contributed by atoms with van der Waals surface area (Å²) >= 11 is 3.40. The largest absolute Gasteiger partial charge is 0.496 e. The number of nitrogens with one attached hydrogen (secondary N) is 1. The molecule has 0 saturated carbocycles. The molecule has 1 amide bonds. The van der Waals surface area contributed by atoms with Gasteiger partial charge in [0.05, 0.1) is 12.7 Å². The first-order chi connectivity index (χ1) is 15.5. The molecule has 1 N–H and O–H groups in total. The third-order valence-electron chi connectivity index (χ3n) is 5.62. The highest BCUT2D eigenvalue weighted by molar-refractivity contribution is 9.10. The number of hydrogen-bond donors (Lipinski definition) is 1. The van der Waals surface area contributed by atoms with Crippen LogP contribution in [0.15, 0.2) is 71.2 Å². The summed E-state index contributed by atoms with van der Waals surface area (Å²) in [5.74, 6) is 0.154. The van der Waals surface area contributed by atoms with Crippen molar-refractivity contribution in [1.29, 1.82) is 0 Å². The lowest BCUT2D eigenvalue weighted by molar-refractivity contribution is 0.102. The first-order valence-corrected chi connectivity index (χ1v) is 11.3. The monoisotopic (exact) mass is 497 g/mol. The Hall–Kier alpha value is -2.90. The number of anilines is 2. The molecule has 7 heteroatoms. The van der Waals surface area contributed by atoms with Crippen LogP contribution in [-0.2, 0) is 6.54 Å². The molecule has 0 spiro atoms. The maximum atomic E-state index is 13.9. The molecule has 0 aliphatic carbocycles. The van der Waals surface area contributed by atoms with Gasteiger partial charge in [0, 0.05) is 54.1 Å². The second kappa shape index (κ2) is 10.1. The van der Waals surface area contributed by atoms with E-state index in [4.69, 9.17) is 4.74 Å². The van der Waals surface area contributed by atoms with E-state index in [0.29, 0.717) is 17.9 Å². The molecule has 0 bridgehead atoms. The zero-order chi connectivity index (χ0) is 22.5. The number of piperazine rings is 1. The summed E-state index contributed by atoms with van der Waals surface area (Å²) in [4.78, 5) is 17.3. The fourth-order valence-corrected chi connectivity index (χ4v) is 4.20. The SMILES string of the molecule is COc1ccc(Br)cc1C(=O)Nc1ccc(N2CCN(Cc3ccccc3F)CC2)cc1. The van der Waals surface area contributed by atoms with Crippen LogP contribution in [0.3, 0.4) is 0 Å². The number of methoxy groups -OCH3 is 1. The van der Waals surface area contributed by atoms with E-state index >= 15 is 0 Å². The predicted octanol–water partition coefficient (Wildman–Crippen LogP) is 5.17. The maximum absolute atomic E-state index is 13.9. The molecule has 32 heavy (non-hydrogen) atoms. The minimum Gasteiger partial charge on any atom is -0.496 e. The number of benzene rings is 3. The van der Waals surface area contributed by atoms with E-state index in [0.717, 1.165) is 47.6 Å². The summed E-state index contributed by atoms with van der Waals surface area (Å²) in [5.41, 5.74) is 3.03. The molecule has 1 aliphatic heterocycles. The van der Waals surface area contributed by atoms with E-state index in [9.17, 15) is 9.18 Å². The van der Waals surface area contributed by atoms with E-state index in [1.807, 2.05) is 42.5 Å². The third-order valence-corrected chi connectivity index (χ3v) is 6.11. The fourth-order valence-electron chi connectivity index (χ4n) is 3.84. The molecule has 166 valence electrons. The Labute approximate surface area is 195 Å². The van der Waals surface area contributed by atoms with Gasteiger partial charge >= 0.3 is 0 Å². The number of halogens is 2. The van der Waals surface area contributed by atoms with Gasteiger partial charge in [-0.3, -0.25) is 9.69 Å². The first-order valence-electron chi connectivity index (χ1n) is 10.5. The molecule has 1 heterocycles. The van der Waals surface area contributed by atoms with Crippen LogP contribution in [-0.4, -0.2) is 44.1 Å². The van der Waals surface area contributed by atoms with E-state index in [2.05, 4.69) is 31.0 Å². The van der Waals surface area contributed by atoms with Gasteiger partial charge in [-0.15, -0.1) is 0 Å². The summed E-state index contributed by atoms with van der Waals surface area (Å²) in [6, 6.07) is 20.1. The van der Waals surface area contributed by atoms with Crippen molar-refractivity contribution in [1.82, 2.24) is 4.90 Å².